The highest BCUT2D eigenvalue weighted by atomic mass is 32.1. The number of amides is 1. The second kappa shape index (κ2) is 6.24. The van der Waals surface area contributed by atoms with E-state index in [1.54, 1.807) is 11.3 Å². The fraction of sp³-hybridized carbons (Fsp3) is 0.389. The minimum absolute atomic E-state index is 0.0447. The Kier molecular flexibility index (Phi) is 3.95. The normalized spacial score (nSPS) is 21.2. The van der Waals surface area contributed by atoms with Gasteiger partial charge in [0.1, 0.15) is 6.61 Å². The van der Waals surface area contributed by atoms with Gasteiger partial charge < -0.3 is 14.4 Å². The largest absolute Gasteiger partial charge is 0.485 e. The quantitative estimate of drug-likeness (QED) is 0.848. The third-order valence-corrected chi connectivity index (χ3v) is 5.31. The number of nitrogens with zero attached hydrogens (tertiary/aromatic N) is 1. The Morgan fingerprint density at radius 2 is 1.91 bits per heavy atom. The molecule has 0 saturated carbocycles. The van der Waals surface area contributed by atoms with Gasteiger partial charge in [-0.25, -0.2) is 0 Å². The number of hydrogen-bond acceptors (Lipinski definition) is 4. The van der Waals surface area contributed by atoms with Crippen LogP contribution < -0.4 is 9.47 Å². The Morgan fingerprint density at radius 3 is 2.65 bits per heavy atom. The minimum atomic E-state index is -0.525. The second-order valence-electron chi connectivity index (χ2n) is 6.02. The van der Waals surface area contributed by atoms with Gasteiger partial charge in [-0.05, 0) is 53.3 Å². The SMILES string of the molecule is O=C(C1COc2ccccc2O1)N1CCC(c2ccsc2)CC1. The molecule has 2 aliphatic heterocycles. The van der Waals surface area contributed by atoms with Gasteiger partial charge in [-0.15, -0.1) is 0 Å². The van der Waals surface area contributed by atoms with E-state index in [2.05, 4.69) is 16.8 Å². The van der Waals surface area contributed by atoms with Gasteiger partial charge in [-0.2, -0.15) is 11.3 Å². The van der Waals surface area contributed by atoms with Crippen molar-refractivity contribution in [1.29, 1.82) is 0 Å². The smallest absolute Gasteiger partial charge is 0.267 e. The average molecular weight is 329 g/mol. The molecule has 3 heterocycles. The number of likely N-dealkylation sites (tertiary alicyclic amines) is 1. The zero-order valence-electron chi connectivity index (χ0n) is 12.8. The van der Waals surface area contributed by atoms with Crippen LogP contribution in [0, 0.1) is 0 Å². The molecule has 0 N–H and O–H groups in total. The Balaban J connectivity index is 1.37. The number of ether oxygens (including phenoxy) is 2. The standard InChI is InChI=1S/C18H19NO3S/c20-18(17-11-21-15-3-1-2-4-16(15)22-17)19-8-5-13(6-9-19)14-7-10-23-12-14/h1-4,7,10,12-13,17H,5-6,8-9,11H2. The maximum Gasteiger partial charge on any atom is 0.267 e. The summed E-state index contributed by atoms with van der Waals surface area (Å²) < 4.78 is 11.5. The number of thiophene rings is 1. The lowest BCUT2D eigenvalue weighted by molar-refractivity contribution is -0.142. The molecule has 23 heavy (non-hydrogen) atoms. The topological polar surface area (TPSA) is 38.8 Å². The van der Waals surface area contributed by atoms with Gasteiger partial charge in [0, 0.05) is 13.1 Å². The second-order valence-corrected chi connectivity index (χ2v) is 6.80. The van der Waals surface area contributed by atoms with Crippen molar-refractivity contribution in [3.8, 4) is 11.5 Å². The van der Waals surface area contributed by atoms with Crippen molar-refractivity contribution in [1.82, 2.24) is 4.90 Å². The molecule has 1 fully saturated rings. The van der Waals surface area contributed by atoms with Crippen LogP contribution in [0.1, 0.15) is 24.3 Å². The van der Waals surface area contributed by atoms with Crippen molar-refractivity contribution in [3.05, 3.63) is 46.7 Å². The molecule has 1 aromatic heterocycles. The summed E-state index contributed by atoms with van der Waals surface area (Å²) in [7, 11) is 0. The molecule has 1 atom stereocenters. The first-order chi connectivity index (χ1) is 11.3. The van der Waals surface area contributed by atoms with Gasteiger partial charge in [-0.1, -0.05) is 12.1 Å². The lowest BCUT2D eigenvalue weighted by Crippen LogP contribution is -2.48. The molecule has 120 valence electrons. The molecule has 0 spiro atoms. The van der Waals surface area contributed by atoms with Crippen LogP contribution in [0.5, 0.6) is 11.5 Å². The fourth-order valence-corrected chi connectivity index (χ4v) is 4.03. The van der Waals surface area contributed by atoms with Crippen molar-refractivity contribution in [2.75, 3.05) is 19.7 Å². The molecule has 4 nitrogen and oxygen atoms in total. The molecule has 2 aliphatic rings. The summed E-state index contributed by atoms with van der Waals surface area (Å²) in [6.07, 6.45) is 1.52. The van der Waals surface area contributed by atoms with E-state index in [1.807, 2.05) is 29.2 Å². The van der Waals surface area contributed by atoms with E-state index in [-0.39, 0.29) is 5.91 Å². The highest BCUT2D eigenvalue weighted by Crippen LogP contribution is 2.33. The van der Waals surface area contributed by atoms with E-state index in [0.717, 1.165) is 25.9 Å². The van der Waals surface area contributed by atoms with E-state index in [9.17, 15) is 4.79 Å². The molecule has 0 aliphatic carbocycles. The molecule has 1 amide bonds. The Labute approximate surface area is 139 Å². The van der Waals surface area contributed by atoms with Gasteiger partial charge in [-0.3, -0.25) is 4.79 Å². The van der Waals surface area contributed by atoms with Gasteiger partial charge in [0.15, 0.2) is 11.5 Å². The van der Waals surface area contributed by atoms with Crippen LogP contribution in [-0.2, 0) is 4.79 Å². The summed E-state index contributed by atoms with van der Waals surface area (Å²) >= 11 is 1.74. The molecule has 1 aromatic carbocycles. The zero-order chi connectivity index (χ0) is 15.6. The maximum absolute atomic E-state index is 12.7. The molecule has 0 radical (unpaired) electrons. The van der Waals surface area contributed by atoms with Crippen molar-refractivity contribution in [2.24, 2.45) is 0 Å². The Hall–Kier alpha value is -2.01. The zero-order valence-corrected chi connectivity index (χ0v) is 13.6. The predicted octanol–water partition coefficient (Wildman–Crippen LogP) is 3.29. The minimum Gasteiger partial charge on any atom is -0.485 e. The molecular weight excluding hydrogens is 310 g/mol. The van der Waals surface area contributed by atoms with Crippen LogP contribution in [0.25, 0.3) is 0 Å². The number of rotatable bonds is 2. The number of fused-ring (bicyclic) bond motifs is 1. The van der Waals surface area contributed by atoms with Crippen LogP contribution in [0.3, 0.4) is 0 Å². The summed E-state index contributed by atoms with van der Waals surface area (Å²) in [5.74, 6) is 2.00. The van der Waals surface area contributed by atoms with E-state index in [0.29, 0.717) is 24.0 Å². The molecule has 5 heteroatoms. The third-order valence-electron chi connectivity index (χ3n) is 4.61. The van der Waals surface area contributed by atoms with Gasteiger partial charge in [0.25, 0.3) is 5.91 Å². The van der Waals surface area contributed by atoms with E-state index in [4.69, 9.17) is 9.47 Å². The fourth-order valence-electron chi connectivity index (χ4n) is 3.29. The first-order valence-corrected chi connectivity index (χ1v) is 8.95. The summed E-state index contributed by atoms with van der Waals surface area (Å²) in [5.41, 5.74) is 1.41. The number of hydrogen-bond donors (Lipinski definition) is 0. The van der Waals surface area contributed by atoms with E-state index in [1.165, 1.54) is 5.56 Å². The summed E-state index contributed by atoms with van der Waals surface area (Å²) in [6, 6.07) is 9.70. The highest BCUT2D eigenvalue weighted by Gasteiger charge is 2.33. The van der Waals surface area contributed by atoms with Crippen LogP contribution in [-0.4, -0.2) is 36.6 Å². The monoisotopic (exact) mass is 329 g/mol. The molecule has 2 aromatic rings. The van der Waals surface area contributed by atoms with E-state index < -0.39 is 6.10 Å². The van der Waals surface area contributed by atoms with Gasteiger partial charge in [0.05, 0.1) is 0 Å². The highest BCUT2D eigenvalue weighted by molar-refractivity contribution is 7.07. The lowest BCUT2D eigenvalue weighted by atomic mass is 9.91. The first kappa shape index (κ1) is 14.6. The van der Waals surface area contributed by atoms with Crippen molar-refractivity contribution in [3.63, 3.8) is 0 Å². The molecule has 4 rings (SSSR count). The van der Waals surface area contributed by atoms with Crippen molar-refractivity contribution in [2.45, 2.75) is 24.9 Å². The summed E-state index contributed by atoms with van der Waals surface area (Å²) in [4.78, 5) is 14.6. The molecular formula is C18H19NO3S. The van der Waals surface area contributed by atoms with E-state index >= 15 is 0 Å². The molecule has 1 saturated heterocycles. The third kappa shape index (κ3) is 2.93. The number of piperidine rings is 1. The van der Waals surface area contributed by atoms with Crippen molar-refractivity contribution < 1.29 is 14.3 Å². The first-order valence-electron chi connectivity index (χ1n) is 8.00. The average Bonchev–Trinajstić information content (AvgIpc) is 3.15. The Bertz CT molecular complexity index is 677. The van der Waals surface area contributed by atoms with Crippen LogP contribution in [0.15, 0.2) is 41.1 Å². The molecule has 1 unspecified atom stereocenters. The van der Waals surface area contributed by atoms with Gasteiger partial charge >= 0.3 is 0 Å². The van der Waals surface area contributed by atoms with Crippen molar-refractivity contribution >= 4 is 17.2 Å². The number of para-hydroxylation sites is 2. The summed E-state index contributed by atoms with van der Waals surface area (Å²) in [6.45, 7) is 1.88. The van der Waals surface area contributed by atoms with Crippen LogP contribution in [0.2, 0.25) is 0 Å². The Morgan fingerprint density at radius 1 is 1.13 bits per heavy atom. The van der Waals surface area contributed by atoms with Gasteiger partial charge in [0.2, 0.25) is 6.10 Å². The maximum atomic E-state index is 12.7. The number of carbonyl (C=O) groups is 1. The predicted molar refractivity (Wildman–Crippen MR) is 89.2 cm³/mol. The number of benzene rings is 1. The number of carbonyl (C=O) groups excluding carboxylic acids is 1. The van der Waals surface area contributed by atoms with Crippen LogP contribution >= 0.6 is 11.3 Å². The lowest BCUT2D eigenvalue weighted by Gasteiger charge is -2.35. The summed E-state index contributed by atoms with van der Waals surface area (Å²) in [5, 5.41) is 4.34. The van der Waals surface area contributed by atoms with Crippen LogP contribution in [0.4, 0.5) is 0 Å². The molecule has 0 bridgehead atoms.